The van der Waals surface area contributed by atoms with E-state index in [9.17, 15) is 14.7 Å². The second kappa shape index (κ2) is 11.6. The number of likely N-dealkylation sites (tertiary alicyclic amines) is 1. The molecule has 0 bridgehead atoms. The maximum Gasteiger partial charge on any atom is 0.295 e. The molecule has 1 aliphatic rings. The van der Waals surface area contributed by atoms with E-state index in [-0.39, 0.29) is 11.3 Å². The molecule has 1 amide bonds. The smallest absolute Gasteiger partial charge is 0.295 e. The van der Waals surface area contributed by atoms with E-state index in [1.165, 1.54) is 19.1 Å². The third-order valence-corrected chi connectivity index (χ3v) is 5.59. The molecule has 1 aliphatic heterocycles. The van der Waals surface area contributed by atoms with Gasteiger partial charge >= 0.3 is 0 Å². The lowest BCUT2D eigenvalue weighted by Gasteiger charge is -2.25. The number of aliphatic hydroxyl groups is 1. The van der Waals surface area contributed by atoms with Crippen molar-refractivity contribution in [2.24, 2.45) is 0 Å². The number of amides is 1. The lowest BCUT2D eigenvalue weighted by molar-refractivity contribution is -0.140. The summed E-state index contributed by atoms with van der Waals surface area (Å²) >= 11 is 0. The molecule has 3 rings (SSSR count). The fourth-order valence-corrected chi connectivity index (χ4v) is 3.97. The zero-order chi connectivity index (χ0) is 24.7. The van der Waals surface area contributed by atoms with Crippen LogP contribution in [0.4, 0.5) is 0 Å². The van der Waals surface area contributed by atoms with E-state index in [4.69, 9.17) is 18.9 Å². The van der Waals surface area contributed by atoms with Crippen LogP contribution < -0.4 is 14.2 Å². The molecule has 0 saturated carbocycles. The van der Waals surface area contributed by atoms with E-state index in [2.05, 4.69) is 0 Å². The van der Waals surface area contributed by atoms with Gasteiger partial charge in [0.25, 0.3) is 11.7 Å². The molecular weight excluding hydrogens is 438 g/mol. The van der Waals surface area contributed by atoms with Gasteiger partial charge in [-0.3, -0.25) is 9.59 Å². The topological polar surface area (TPSA) is 94.5 Å². The summed E-state index contributed by atoms with van der Waals surface area (Å²) in [5, 5.41) is 11.3. The number of benzene rings is 2. The monoisotopic (exact) mass is 469 g/mol. The second-order valence-electron chi connectivity index (χ2n) is 7.83. The zero-order valence-corrected chi connectivity index (χ0v) is 20.0. The van der Waals surface area contributed by atoms with Gasteiger partial charge in [-0.2, -0.15) is 0 Å². The Kier molecular flexibility index (Phi) is 8.54. The van der Waals surface area contributed by atoms with Gasteiger partial charge in [0.05, 0.1) is 32.4 Å². The first-order valence-electron chi connectivity index (χ1n) is 11.2. The molecule has 1 unspecified atom stereocenters. The first-order valence-corrected chi connectivity index (χ1v) is 11.2. The highest BCUT2D eigenvalue weighted by Gasteiger charge is 2.46. The van der Waals surface area contributed by atoms with Crippen LogP contribution in [0, 0.1) is 0 Å². The molecule has 8 heteroatoms. The Morgan fingerprint density at radius 2 is 1.76 bits per heavy atom. The number of ketones is 1. The summed E-state index contributed by atoms with van der Waals surface area (Å²) in [6.45, 7) is 3.29. The van der Waals surface area contributed by atoms with Gasteiger partial charge in [0, 0.05) is 25.8 Å². The Labute approximate surface area is 199 Å². The minimum Gasteiger partial charge on any atom is -0.507 e. The lowest BCUT2D eigenvalue weighted by Crippen LogP contribution is -2.31. The van der Waals surface area contributed by atoms with E-state index in [0.29, 0.717) is 54.6 Å². The number of Topliss-reactive ketones (excluding diaryl/α,β-unsaturated/α-hetero) is 1. The normalized spacial score (nSPS) is 17.2. The van der Waals surface area contributed by atoms with Crippen molar-refractivity contribution < 1.29 is 33.6 Å². The van der Waals surface area contributed by atoms with Crippen molar-refractivity contribution in [1.82, 2.24) is 4.90 Å². The van der Waals surface area contributed by atoms with Gasteiger partial charge in [-0.05, 0) is 48.7 Å². The first kappa shape index (κ1) is 25.1. The van der Waals surface area contributed by atoms with Crippen molar-refractivity contribution in [1.29, 1.82) is 0 Å². The fraction of sp³-hybridized carbons (Fsp3) is 0.385. The number of nitrogens with zero attached hydrogens (tertiary/aromatic N) is 1. The maximum absolute atomic E-state index is 13.2. The molecule has 0 radical (unpaired) electrons. The average Bonchev–Trinajstić information content (AvgIpc) is 3.12. The highest BCUT2D eigenvalue weighted by Crippen LogP contribution is 2.41. The largest absolute Gasteiger partial charge is 0.507 e. The minimum atomic E-state index is -0.768. The van der Waals surface area contributed by atoms with E-state index in [1.807, 2.05) is 25.1 Å². The summed E-state index contributed by atoms with van der Waals surface area (Å²) in [5.41, 5.74) is 1.03. The Bertz CT molecular complexity index is 1060. The SMILES string of the molecule is CCCOc1cccc(C2/C(=C(\O)c3ccc(OC)c(OC)c3)C(=O)C(=O)N2CCCOC)c1. The van der Waals surface area contributed by atoms with Crippen molar-refractivity contribution in [2.75, 3.05) is 41.1 Å². The average molecular weight is 470 g/mol. The number of hydrogen-bond acceptors (Lipinski definition) is 7. The van der Waals surface area contributed by atoms with E-state index in [0.717, 1.165) is 6.42 Å². The number of aliphatic hydroxyl groups excluding tert-OH is 1. The van der Waals surface area contributed by atoms with E-state index in [1.54, 1.807) is 31.4 Å². The zero-order valence-electron chi connectivity index (χ0n) is 20.0. The first-order chi connectivity index (χ1) is 16.5. The van der Waals surface area contributed by atoms with Crippen molar-refractivity contribution in [3.63, 3.8) is 0 Å². The summed E-state index contributed by atoms with van der Waals surface area (Å²) in [7, 11) is 4.58. The molecule has 0 spiro atoms. The number of rotatable bonds is 11. The van der Waals surface area contributed by atoms with E-state index >= 15 is 0 Å². The number of hydrogen-bond donors (Lipinski definition) is 1. The van der Waals surface area contributed by atoms with Gasteiger partial charge in [0.1, 0.15) is 11.5 Å². The molecule has 1 N–H and O–H groups in total. The molecule has 2 aromatic rings. The predicted molar refractivity (Wildman–Crippen MR) is 127 cm³/mol. The minimum absolute atomic E-state index is 0.0160. The molecule has 1 heterocycles. The lowest BCUT2D eigenvalue weighted by atomic mass is 9.95. The third kappa shape index (κ3) is 5.17. The highest BCUT2D eigenvalue weighted by atomic mass is 16.5. The summed E-state index contributed by atoms with van der Waals surface area (Å²) in [6.07, 6.45) is 1.39. The van der Waals surface area contributed by atoms with Crippen molar-refractivity contribution >= 4 is 17.4 Å². The van der Waals surface area contributed by atoms with Crippen molar-refractivity contribution in [3.8, 4) is 17.2 Å². The number of methoxy groups -OCH3 is 3. The molecule has 182 valence electrons. The Hall–Kier alpha value is -3.52. The van der Waals surface area contributed by atoms with Crippen LogP contribution in [0.2, 0.25) is 0 Å². The number of carbonyl (C=O) groups excluding carboxylic acids is 2. The molecule has 0 aliphatic carbocycles. The quantitative estimate of drug-likeness (QED) is 0.230. The molecule has 1 saturated heterocycles. The summed E-state index contributed by atoms with van der Waals surface area (Å²) in [6, 6.07) is 11.3. The molecule has 8 nitrogen and oxygen atoms in total. The summed E-state index contributed by atoms with van der Waals surface area (Å²) < 4.78 is 21.5. The Morgan fingerprint density at radius 3 is 2.44 bits per heavy atom. The van der Waals surface area contributed by atoms with Gasteiger partial charge in [0.2, 0.25) is 0 Å². The van der Waals surface area contributed by atoms with Gasteiger partial charge in [-0.25, -0.2) is 0 Å². The Morgan fingerprint density at radius 1 is 1.00 bits per heavy atom. The van der Waals surface area contributed by atoms with Gasteiger partial charge in [-0.15, -0.1) is 0 Å². The molecule has 34 heavy (non-hydrogen) atoms. The van der Waals surface area contributed by atoms with Crippen LogP contribution >= 0.6 is 0 Å². The molecule has 2 aromatic carbocycles. The van der Waals surface area contributed by atoms with Crippen LogP contribution in [0.15, 0.2) is 48.0 Å². The summed E-state index contributed by atoms with van der Waals surface area (Å²) in [5.74, 6) is -0.173. The van der Waals surface area contributed by atoms with Crippen molar-refractivity contribution in [2.45, 2.75) is 25.8 Å². The predicted octanol–water partition coefficient (Wildman–Crippen LogP) is 3.95. The number of ether oxygens (including phenoxy) is 4. The standard InChI is InChI=1S/C26H31NO7/c1-5-13-34-19-9-6-8-17(15-19)23-22(25(29)26(30)27(23)12-7-14-31-2)24(28)18-10-11-20(32-3)21(16-18)33-4/h6,8-11,15-16,23,28H,5,7,12-14H2,1-4H3/b24-22+. The Balaban J connectivity index is 2.13. The maximum atomic E-state index is 13.2. The van der Waals surface area contributed by atoms with Crippen LogP contribution in [0.3, 0.4) is 0 Å². The van der Waals surface area contributed by atoms with Crippen LogP contribution in [0.1, 0.15) is 36.9 Å². The van der Waals surface area contributed by atoms with Gasteiger partial charge in [0.15, 0.2) is 11.5 Å². The van der Waals surface area contributed by atoms with Gasteiger partial charge < -0.3 is 29.0 Å². The van der Waals surface area contributed by atoms with Crippen LogP contribution in [0.25, 0.3) is 5.76 Å². The van der Waals surface area contributed by atoms with Crippen LogP contribution in [-0.4, -0.2) is 62.8 Å². The molecule has 1 fully saturated rings. The van der Waals surface area contributed by atoms with Gasteiger partial charge in [-0.1, -0.05) is 19.1 Å². The molecular formula is C26H31NO7. The van der Waals surface area contributed by atoms with Crippen molar-refractivity contribution in [3.05, 3.63) is 59.2 Å². The molecule has 0 aromatic heterocycles. The number of carbonyl (C=O) groups is 2. The third-order valence-electron chi connectivity index (χ3n) is 5.59. The fourth-order valence-electron chi connectivity index (χ4n) is 3.97. The summed E-state index contributed by atoms with van der Waals surface area (Å²) in [4.78, 5) is 27.7. The highest BCUT2D eigenvalue weighted by molar-refractivity contribution is 6.46. The van der Waals surface area contributed by atoms with E-state index < -0.39 is 17.7 Å². The van der Waals surface area contributed by atoms with Crippen LogP contribution in [0.5, 0.6) is 17.2 Å². The molecule has 1 atom stereocenters. The van der Waals surface area contributed by atoms with Crippen LogP contribution in [-0.2, 0) is 14.3 Å². The second-order valence-corrected chi connectivity index (χ2v) is 7.83.